The van der Waals surface area contributed by atoms with Crippen molar-refractivity contribution < 1.29 is 19.7 Å². The second kappa shape index (κ2) is 5.33. The Morgan fingerprint density at radius 2 is 1.45 bits per heavy atom. The first-order valence-electron chi connectivity index (χ1n) is 6.23. The third-order valence-electron chi connectivity index (χ3n) is 3.26. The average Bonchev–Trinajstić information content (AvgIpc) is 2.43. The number of phenols is 2. The molecule has 0 aliphatic heterocycles. The van der Waals surface area contributed by atoms with Gasteiger partial charge in [-0.05, 0) is 54.8 Å². The van der Waals surface area contributed by atoms with E-state index in [1.807, 2.05) is 19.9 Å². The van der Waals surface area contributed by atoms with Gasteiger partial charge in [-0.2, -0.15) is 0 Å². The highest BCUT2D eigenvalue weighted by Crippen LogP contribution is 2.42. The summed E-state index contributed by atoms with van der Waals surface area (Å²) in [6.07, 6.45) is 0. The summed E-state index contributed by atoms with van der Waals surface area (Å²) in [5.41, 5.74) is 3.21. The molecule has 0 radical (unpaired) electrons. The minimum absolute atomic E-state index is 0.0352. The molecule has 0 aromatic heterocycles. The summed E-state index contributed by atoms with van der Waals surface area (Å²) in [6.45, 7) is 3.82. The fourth-order valence-corrected chi connectivity index (χ4v) is 2.23. The van der Waals surface area contributed by atoms with E-state index >= 15 is 0 Å². The van der Waals surface area contributed by atoms with Gasteiger partial charge < -0.3 is 19.7 Å². The normalized spacial score (nSPS) is 10.4. The van der Waals surface area contributed by atoms with Crippen molar-refractivity contribution in [1.82, 2.24) is 0 Å². The van der Waals surface area contributed by atoms with E-state index in [2.05, 4.69) is 0 Å². The van der Waals surface area contributed by atoms with E-state index in [1.165, 1.54) is 14.2 Å². The fraction of sp³-hybridized carbons (Fsp3) is 0.250. The SMILES string of the molecule is COc1cc(C)c(-c2cc(C)cc(OC)c2O)cc1O. The van der Waals surface area contributed by atoms with Crippen LogP contribution < -0.4 is 9.47 Å². The third-order valence-corrected chi connectivity index (χ3v) is 3.26. The molecule has 2 aromatic rings. The highest BCUT2D eigenvalue weighted by molar-refractivity contribution is 5.78. The number of benzene rings is 2. The van der Waals surface area contributed by atoms with Gasteiger partial charge in [-0.1, -0.05) is 0 Å². The minimum Gasteiger partial charge on any atom is -0.504 e. The molecular weight excluding hydrogens is 256 g/mol. The number of aromatic hydroxyl groups is 2. The molecule has 0 aliphatic rings. The van der Waals surface area contributed by atoms with Gasteiger partial charge in [-0.3, -0.25) is 0 Å². The van der Waals surface area contributed by atoms with Gasteiger partial charge in [-0.15, -0.1) is 0 Å². The van der Waals surface area contributed by atoms with Gasteiger partial charge in [0.1, 0.15) is 0 Å². The molecule has 0 amide bonds. The van der Waals surface area contributed by atoms with Gasteiger partial charge in [-0.25, -0.2) is 0 Å². The van der Waals surface area contributed by atoms with E-state index in [-0.39, 0.29) is 11.5 Å². The molecule has 2 N–H and O–H groups in total. The first-order valence-corrected chi connectivity index (χ1v) is 6.23. The van der Waals surface area contributed by atoms with Gasteiger partial charge in [0, 0.05) is 5.56 Å². The lowest BCUT2D eigenvalue weighted by Gasteiger charge is -2.14. The monoisotopic (exact) mass is 274 g/mol. The zero-order valence-corrected chi connectivity index (χ0v) is 12.0. The largest absolute Gasteiger partial charge is 0.504 e. The van der Waals surface area contributed by atoms with Crippen LogP contribution in [0.5, 0.6) is 23.0 Å². The average molecular weight is 274 g/mol. The van der Waals surface area contributed by atoms with Crippen LogP contribution in [0.4, 0.5) is 0 Å². The number of aryl methyl sites for hydroxylation is 2. The first kappa shape index (κ1) is 14.1. The van der Waals surface area contributed by atoms with Crippen LogP contribution in [0.15, 0.2) is 24.3 Å². The summed E-state index contributed by atoms with van der Waals surface area (Å²) in [7, 11) is 3.01. The number of phenolic OH excluding ortho intramolecular Hbond substituents is 2. The lowest BCUT2D eigenvalue weighted by atomic mass is 9.97. The van der Waals surface area contributed by atoms with E-state index in [1.54, 1.807) is 18.2 Å². The Morgan fingerprint density at radius 1 is 0.800 bits per heavy atom. The predicted octanol–water partition coefficient (Wildman–Crippen LogP) is 3.40. The van der Waals surface area contributed by atoms with Crippen molar-refractivity contribution >= 4 is 0 Å². The Morgan fingerprint density at radius 3 is 2.05 bits per heavy atom. The van der Waals surface area contributed by atoms with Crippen molar-refractivity contribution in [3.8, 4) is 34.1 Å². The second-order valence-electron chi connectivity index (χ2n) is 4.70. The van der Waals surface area contributed by atoms with Crippen LogP contribution in [0, 0.1) is 13.8 Å². The maximum Gasteiger partial charge on any atom is 0.165 e. The number of methoxy groups -OCH3 is 2. The lowest BCUT2D eigenvalue weighted by molar-refractivity contribution is 0.372. The van der Waals surface area contributed by atoms with Gasteiger partial charge in [0.05, 0.1) is 14.2 Å². The zero-order valence-electron chi connectivity index (χ0n) is 12.0. The van der Waals surface area contributed by atoms with E-state index in [4.69, 9.17) is 9.47 Å². The van der Waals surface area contributed by atoms with Crippen LogP contribution in [-0.4, -0.2) is 24.4 Å². The van der Waals surface area contributed by atoms with E-state index < -0.39 is 0 Å². The van der Waals surface area contributed by atoms with Crippen molar-refractivity contribution in [3.05, 3.63) is 35.4 Å². The fourth-order valence-electron chi connectivity index (χ4n) is 2.23. The van der Waals surface area contributed by atoms with E-state index in [9.17, 15) is 10.2 Å². The molecule has 0 saturated carbocycles. The van der Waals surface area contributed by atoms with Crippen LogP contribution >= 0.6 is 0 Å². The Bertz CT molecular complexity index is 647. The van der Waals surface area contributed by atoms with E-state index in [0.29, 0.717) is 17.1 Å². The van der Waals surface area contributed by atoms with Crippen LogP contribution in [0.2, 0.25) is 0 Å². The number of hydrogen-bond acceptors (Lipinski definition) is 4. The summed E-state index contributed by atoms with van der Waals surface area (Å²) in [6, 6.07) is 6.94. The maximum absolute atomic E-state index is 10.3. The Hall–Kier alpha value is -2.36. The molecule has 0 heterocycles. The van der Waals surface area contributed by atoms with Crippen LogP contribution in [-0.2, 0) is 0 Å². The number of hydrogen-bond donors (Lipinski definition) is 2. The molecule has 2 aromatic carbocycles. The predicted molar refractivity (Wildman–Crippen MR) is 77.8 cm³/mol. The molecule has 0 atom stereocenters. The molecule has 0 bridgehead atoms. The van der Waals surface area contributed by atoms with Gasteiger partial charge >= 0.3 is 0 Å². The summed E-state index contributed by atoms with van der Waals surface area (Å²) in [5, 5.41) is 20.2. The van der Waals surface area contributed by atoms with Crippen LogP contribution in [0.25, 0.3) is 11.1 Å². The summed E-state index contributed by atoms with van der Waals surface area (Å²) < 4.78 is 10.2. The van der Waals surface area contributed by atoms with Crippen molar-refractivity contribution in [2.75, 3.05) is 14.2 Å². The maximum atomic E-state index is 10.3. The van der Waals surface area contributed by atoms with Crippen molar-refractivity contribution in [2.24, 2.45) is 0 Å². The molecule has 0 aliphatic carbocycles. The molecule has 4 heteroatoms. The van der Waals surface area contributed by atoms with Crippen LogP contribution in [0.1, 0.15) is 11.1 Å². The molecule has 0 saturated heterocycles. The van der Waals surface area contributed by atoms with Gasteiger partial charge in [0.25, 0.3) is 0 Å². The van der Waals surface area contributed by atoms with Crippen molar-refractivity contribution in [2.45, 2.75) is 13.8 Å². The van der Waals surface area contributed by atoms with Gasteiger partial charge in [0.15, 0.2) is 23.0 Å². The highest BCUT2D eigenvalue weighted by atomic mass is 16.5. The summed E-state index contributed by atoms with van der Waals surface area (Å²) >= 11 is 0. The molecule has 0 spiro atoms. The molecular formula is C16H18O4. The molecule has 0 unspecified atom stereocenters. The summed E-state index contributed by atoms with van der Waals surface area (Å²) in [4.78, 5) is 0. The second-order valence-corrected chi connectivity index (χ2v) is 4.70. The Labute approximate surface area is 118 Å². The zero-order chi connectivity index (χ0) is 14.9. The number of ether oxygens (including phenoxy) is 2. The first-order chi connectivity index (χ1) is 9.47. The van der Waals surface area contributed by atoms with Gasteiger partial charge in [0.2, 0.25) is 0 Å². The third kappa shape index (κ3) is 2.37. The van der Waals surface area contributed by atoms with Crippen molar-refractivity contribution in [1.29, 1.82) is 0 Å². The molecule has 106 valence electrons. The standard InChI is InChI=1S/C16H18O4/c1-9-5-12(16(18)15(6-9)20-4)11-8-13(17)14(19-3)7-10(11)2/h5-8,17-18H,1-4H3. The molecule has 0 fully saturated rings. The molecule has 4 nitrogen and oxygen atoms in total. The Balaban J connectivity index is 2.68. The smallest absolute Gasteiger partial charge is 0.165 e. The number of rotatable bonds is 3. The highest BCUT2D eigenvalue weighted by Gasteiger charge is 2.15. The summed E-state index contributed by atoms with van der Waals surface area (Å²) in [5.74, 6) is 0.916. The quantitative estimate of drug-likeness (QED) is 0.900. The minimum atomic E-state index is 0.0352. The van der Waals surface area contributed by atoms with Crippen LogP contribution in [0.3, 0.4) is 0 Å². The lowest BCUT2D eigenvalue weighted by Crippen LogP contribution is -1.92. The molecule has 20 heavy (non-hydrogen) atoms. The topological polar surface area (TPSA) is 58.9 Å². The Kier molecular flexibility index (Phi) is 3.74. The molecule has 2 rings (SSSR count). The van der Waals surface area contributed by atoms with Crippen molar-refractivity contribution in [3.63, 3.8) is 0 Å². The van der Waals surface area contributed by atoms with E-state index in [0.717, 1.165) is 16.7 Å².